The van der Waals surface area contributed by atoms with Gasteiger partial charge in [-0.1, -0.05) is 23.7 Å². The van der Waals surface area contributed by atoms with Gasteiger partial charge in [0.1, 0.15) is 0 Å². The maximum absolute atomic E-state index is 6.11. The molecule has 0 spiro atoms. The van der Waals surface area contributed by atoms with E-state index < -0.39 is 0 Å². The molecule has 3 rings (SSSR count). The number of hydrogen-bond acceptors (Lipinski definition) is 4. The number of hydrogen-bond donors (Lipinski definition) is 2. The minimum absolute atomic E-state index is 0.666. The fourth-order valence-electron chi connectivity index (χ4n) is 2.07. The lowest BCUT2D eigenvalue weighted by molar-refractivity contribution is 0.757. The van der Waals surface area contributed by atoms with E-state index in [1.54, 1.807) is 0 Å². The molecule has 0 atom stereocenters. The summed E-state index contributed by atoms with van der Waals surface area (Å²) in [7, 11) is 0. The smallest absolute Gasteiger partial charge is 0.223 e. The van der Waals surface area contributed by atoms with E-state index in [0.717, 1.165) is 34.9 Å². The summed E-state index contributed by atoms with van der Waals surface area (Å²) in [5.41, 5.74) is 4.48. The molecule has 0 fully saturated rings. The number of aromatic nitrogens is 2. The van der Waals surface area contributed by atoms with Gasteiger partial charge in [-0.05, 0) is 24.1 Å². The van der Waals surface area contributed by atoms with E-state index in [-0.39, 0.29) is 0 Å². The third-order valence-electron chi connectivity index (χ3n) is 3.25. The van der Waals surface area contributed by atoms with Gasteiger partial charge in [-0.3, -0.25) is 0 Å². The Bertz CT molecular complexity index is 612. The molecule has 1 aromatic heterocycles. The molecule has 0 unspecified atom stereocenters. The number of fused-ring (bicyclic) bond motifs is 1. The van der Waals surface area contributed by atoms with Crippen molar-refractivity contribution in [2.45, 2.75) is 26.6 Å². The summed E-state index contributed by atoms with van der Waals surface area (Å²) in [6, 6.07) is 6.05. The van der Waals surface area contributed by atoms with Crippen LogP contribution in [0, 0.1) is 6.92 Å². The predicted molar refractivity (Wildman–Crippen MR) is 76.1 cm³/mol. The van der Waals surface area contributed by atoms with Crippen molar-refractivity contribution in [3.8, 4) is 0 Å². The van der Waals surface area contributed by atoms with E-state index in [9.17, 15) is 0 Å². The molecule has 2 heterocycles. The molecule has 19 heavy (non-hydrogen) atoms. The summed E-state index contributed by atoms with van der Waals surface area (Å²) in [5.74, 6) is 0.666. The lowest BCUT2D eigenvalue weighted by Crippen LogP contribution is -2.05. The Morgan fingerprint density at radius 1 is 1.37 bits per heavy atom. The summed E-state index contributed by atoms with van der Waals surface area (Å²) in [5, 5.41) is 7.27. The Kier molecular flexibility index (Phi) is 3.36. The molecule has 0 saturated carbocycles. The van der Waals surface area contributed by atoms with E-state index >= 15 is 0 Å². The number of nitrogens with one attached hydrogen (secondary N) is 2. The van der Waals surface area contributed by atoms with Crippen molar-refractivity contribution in [3.05, 3.63) is 51.8 Å². The highest BCUT2D eigenvalue weighted by Crippen LogP contribution is 2.18. The maximum Gasteiger partial charge on any atom is 0.223 e. The van der Waals surface area contributed by atoms with Crippen molar-refractivity contribution < 1.29 is 0 Å². The highest BCUT2D eigenvalue weighted by Gasteiger charge is 2.12. The lowest BCUT2D eigenvalue weighted by atomic mass is 10.1. The summed E-state index contributed by atoms with van der Waals surface area (Å²) >= 11 is 6.11. The second-order valence-electron chi connectivity index (χ2n) is 4.71. The Balaban J connectivity index is 1.70. The molecule has 5 heteroatoms. The quantitative estimate of drug-likeness (QED) is 0.903. The van der Waals surface area contributed by atoms with Crippen LogP contribution in [0.5, 0.6) is 0 Å². The minimum Gasteiger partial charge on any atom is -0.350 e. The number of halogens is 1. The predicted octanol–water partition coefficient (Wildman–Crippen LogP) is 2.65. The van der Waals surface area contributed by atoms with E-state index in [2.05, 4.69) is 26.7 Å². The first-order valence-electron chi connectivity index (χ1n) is 6.27. The Hall–Kier alpha value is -1.65. The van der Waals surface area contributed by atoms with E-state index in [1.165, 1.54) is 5.56 Å². The lowest BCUT2D eigenvalue weighted by Gasteiger charge is -2.07. The van der Waals surface area contributed by atoms with Crippen LogP contribution in [0.1, 0.15) is 22.4 Å². The normalized spacial score (nSPS) is 13.4. The van der Waals surface area contributed by atoms with Gasteiger partial charge in [0.2, 0.25) is 5.95 Å². The maximum atomic E-state index is 6.11. The molecule has 0 aliphatic carbocycles. The van der Waals surface area contributed by atoms with Gasteiger partial charge in [-0.15, -0.1) is 0 Å². The third-order valence-corrected chi connectivity index (χ3v) is 3.66. The summed E-state index contributed by atoms with van der Waals surface area (Å²) in [6.07, 6.45) is 1.88. The van der Waals surface area contributed by atoms with E-state index in [0.29, 0.717) is 12.5 Å². The van der Waals surface area contributed by atoms with Gasteiger partial charge in [0.25, 0.3) is 0 Å². The second kappa shape index (κ2) is 5.15. The molecule has 0 radical (unpaired) electrons. The standard InChI is InChI=1S/C14H15ClN4/c1-9-2-3-10(4-12(9)15)5-17-14-18-7-11-6-16-8-13(11)19-14/h2-4,7,16H,5-6,8H2,1H3,(H,17,18,19). The molecule has 0 saturated heterocycles. The van der Waals surface area contributed by atoms with Crippen LogP contribution in [0.25, 0.3) is 0 Å². The first kappa shape index (κ1) is 12.4. The SMILES string of the molecule is Cc1ccc(CNc2ncc3c(n2)CNC3)cc1Cl. The van der Waals surface area contributed by atoms with Crippen LogP contribution in [0.3, 0.4) is 0 Å². The molecule has 1 aliphatic rings. The average Bonchev–Trinajstić information content (AvgIpc) is 2.87. The third kappa shape index (κ3) is 2.69. The molecule has 98 valence electrons. The van der Waals surface area contributed by atoms with Gasteiger partial charge in [0, 0.05) is 36.4 Å². The van der Waals surface area contributed by atoms with Crippen LogP contribution in [0.4, 0.5) is 5.95 Å². The van der Waals surface area contributed by atoms with Crippen molar-refractivity contribution in [1.29, 1.82) is 0 Å². The van der Waals surface area contributed by atoms with E-state index in [1.807, 2.05) is 25.3 Å². The fourth-order valence-corrected chi connectivity index (χ4v) is 2.27. The Morgan fingerprint density at radius 3 is 3.11 bits per heavy atom. The number of nitrogens with zero attached hydrogens (tertiary/aromatic N) is 2. The van der Waals surface area contributed by atoms with Crippen LogP contribution < -0.4 is 10.6 Å². The number of anilines is 1. The molecular weight excluding hydrogens is 260 g/mol. The molecule has 1 aliphatic heterocycles. The zero-order chi connectivity index (χ0) is 13.2. The number of rotatable bonds is 3. The van der Waals surface area contributed by atoms with Gasteiger partial charge in [0.05, 0.1) is 5.69 Å². The van der Waals surface area contributed by atoms with Crippen molar-refractivity contribution in [3.63, 3.8) is 0 Å². The van der Waals surface area contributed by atoms with Crippen LogP contribution in [-0.4, -0.2) is 9.97 Å². The fraction of sp³-hybridized carbons (Fsp3) is 0.286. The van der Waals surface area contributed by atoms with Gasteiger partial charge in [-0.25, -0.2) is 9.97 Å². The van der Waals surface area contributed by atoms with Crippen LogP contribution in [0.2, 0.25) is 5.02 Å². The van der Waals surface area contributed by atoms with Crippen LogP contribution in [-0.2, 0) is 19.6 Å². The average molecular weight is 275 g/mol. The van der Waals surface area contributed by atoms with Gasteiger partial charge in [-0.2, -0.15) is 0 Å². The van der Waals surface area contributed by atoms with Crippen molar-refractivity contribution in [1.82, 2.24) is 15.3 Å². The monoisotopic (exact) mass is 274 g/mol. The van der Waals surface area contributed by atoms with Crippen molar-refractivity contribution >= 4 is 17.5 Å². The highest BCUT2D eigenvalue weighted by atomic mass is 35.5. The van der Waals surface area contributed by atoms with Gasteiger partial charge >= 0.3 is 0 Å². The van der Waals surface area contributed by atoms with Crippen LogP contribution in [0.15, 0.2) is 24.4 Å². The topological polar surface area (TPSA) is 49.8 Å². The Morgan fingerprint density at radius 2 is 2.26 bits per heavy atom. The summed E-state index contributed by atoms with van der Waals surface area (Å²) < 4.78 is 0. The molecule has 4 nitrogen and oxygen atoms in total. The zero-order valence-electron chi connectivity index (χ0n) is 10.7. The second-order valence-corrected chi connectivity index (χ2v) is 5.11. The van der Waals surface area contributed by atoms with Crippen LogP contribution >= 0.6 is 11.6 Å². The van der Waals surface area contributed by atoms with Gasteiger partial charge in [0.15, 0.2) is 0 Å². The van der Waals surface area contributed by atoms with Crippen molar-refractivity contribution in [2.75, 3.05) is 5.32 Å². The number of benzene rings is 1. The van der Waals surface area contributed by atoms with Gasteiger partial charge < -0.3 is 10.6 Å². The zero-order valence-corrected chi connectivity index (χ0v) is 11.5. The first-order chi connectivity index (χ1) is 9.22. The molecule has 2 N–H and O–H groups in total. The molecule has 1 aromatic carbocycles. The highest BCUT2D eigenvalue weighted by molar-refractivity contribution is 6.31. The Labute approximate surface area is 117 Å². The first-order valence-corrected chi connectivity index (χ1v) is 6.64. The van der Waals surface area contributed by atoms with E-state index in [4.69, 9.17) is 11.6 Å². The number of aryl methyl sites for hydroxylation is 1. The molecular formula is C14H15ClN4. The summed E-state index contributed by atoms with van der Waals surface area (Å²) in [4.78, 5) is 8.80. The minimum atomic E-state index is 0.666. The molecule has 2 aromatic rings. The summed E-state index contributed by atoms with van der Waals surface area (Å²) in [6.45, 7) is 4.36. The largest absolute Gasteiger partial charge is 0.350 e. The van der Waals surface area contributed by atoms with Crippen molar-refractivity contribution in [2.24, 2.45) is 0 Å². The molecule has 0 bridgehead atoms. The molecule has 0 amide bonds.